The minimum absolute atomic E-state index is 0.0926. The lowest BCUT2D eigenvalue weighted by molar-refractivity contribution is -0.155. The molecule has 1 saturated heterocycles. The van der Waals surface area contributed by atoms with Crippen LogP contribution in [0, 0.1) is 17.3 Å². The van der Waals surface area contributed by atoms with Crippen molar-refractivity contribution < 1.29 is 14.3 Å². The highest BCUT2D eigenvalue weighted by molar-refractivity contribution is 5.90. The van der Waals surface area contributed by atoms with E-state index >= 15 is 0 Å². The molecule has 3 atom stereocenters. The number of hydrogen-bond acceptors (Lipinski definition) is 3. The van der Waals surface area contributed by atoms with Crippen LogP contribution in [-0.2, 0) is 14.3 Å². The number of cyclic esters (lactones) is 1. The maximum Gasteiger partial charge on any atom is 0.313 e. The second-order valence-electron chi connectivity index (χ2n) is 4.42. The first-order valence-electron chi connectivity index (χ1n) is 4.13. The van der Waals surface area contributed by atoms with E-state index in [0.29, 0.717) is 0 Å². The topological polar surface area (TPSA) is 43.4 Å². The van der Waals surface area contributed by atoms with Crippen LogP contribution in [0.5, 0.6) is 0 Å². The van der Waals surface area contributed by atoms with Crippen LogP contribution in [0.2, 0.25) is 0 Å². The SMILES string of the molecule is CC1(C)OC(=O)[C@@]2(C)[C@H](C=O)[C@@H]12. The van der Waals surface area contributed by atoms with E-state index in [1.54, 1.807) is 0 Å². The summed E-state index contributed by atoms with van der Waals surface area (Å²) in [5.41, 5.74) is -0.956. The summed E-state index contributed by atoms with van der Waals surface area (Å²) in [7, 11) is 0. The summed E-state index contributed by atoms with van der Waals surface area (Å²) in [4.78, 5) is 22.0. The predicted molar refractivity (Wildman–Crippen MR) is 41.3 cm³/mol. The van der Waals surface area contributed by atoms with Gasteiger partial charge in [0.25, 0.3) is 0 Å². The molecule has 0 aromatic carbocycles. The summed E-state index contributed by atoms with van der Waals surface area (Å²) in [6.07, 6.45) is 0.882. The van der Waals surface area contributed by atoms with Crippen molar-refractivity contribution in [2.75, 3.05) is 0 Å². The number of rotatable bonds is 1. The molecule has 0 unspecified atom stereocenters. The molecule has 1 aliphatic carbocycles. The molecule has 0 radical (unpaired) electrons. The summed E-state index contributed by atoms with van der Waals surface area (Å²) in [6.45, 7) is 5.54. The van der Waals surface area contributed by atoms with Crippen LogP contribution in [-0.4, -0.2) is 17.9 Å². The number of carbonyl (C=O) groups is 2. The third kappa shape index (κ3) is 0.586. The lowest BCUT2D eigenvalue weighted by atomic mass is 9.99. The first-order valence-corrected chi connectivity index (χ1v) is 4.13. The van der Waals surface area contributed by atoms with Gasteiger partial charge in [-0.2, -0.15) is 0 Å². The fourth-order valence-electron chi connectivity index (χ4n) is 2.60. The molecule has 3 heteroatoms. The second-order valence-corrected chi connectivity index (χ2v) is 4.42. The van der Waals surface area contributed by atoms with Gasteiger partial charge < -0.3 is 9.53 Å². The average Bonchev–Trinajstić information content (AvgIpc) is 2.51. The van der Waals surface area contributed by atoms with Gasteiger partial charge in [0.05, 0.1) is 5.41 Å². The van der Waals surface area contributed by atoms with Crippen molar-refractivity contribution in [3.05, 3.63) is 0 Å². The molecule has 66 valence electrons. The van der Waals surface area contributed by atoms with E-state index in [2.05, 4.69) is 0 Å². The molecule has 0 bridgehead atoms. The lowest BCUT2D eigenvalue weighted by Crippen LogP contribution is -2.27. The molecule has 1 heterocycles. The smallest absolute Gasteiger partial charge is 0.313 e. The van der Waals surface area contributed by atoms with E-state index in [4.69, 9.17) is 4.74 Å². The molecule has 0 N–H and O–H groups in total. The van der Waals surface area contributed by atoms with E-state index in [0.717, 1.165) is 6.29 Å². The largest absolute Gasteiger partial charge is 0.459 e. The van der Waals surface area contributed by atoms with Gasteiger partial charge in [0.1, 0.15) is 11.9 Å². The zero-order chi connectivity index (χ0) is 9.15. The van der Waals surface area contributed by atoms with Gasteiger partial charge in [-0.1, -0.05) is 0 Å². The Labute approximate surface area is 71.1 Å². The number of fused-ring (bicyclic) bond motifs is 1. The normalized spacial score (nSPS) is 48.1. The van der Waals surface area contributed by atoms with Crippen molar-refractivity contribution >= 4 is 12.3 Å². The molecule has 2 rings (SSSR count). The van der Waals surface area contributed by atoms with Gasteiger partial charge in [-0.25, -0.2) is 0 Å². The molecule has 0 aromatic rings. The number of aldehydes is 1. The standard InChI is InChI=1S/C9H12O3/c1-8(2)6-5(4-10)9(6,3)7(11)12-8/h4-6H,1-3H3/t5-,6+,9+/m1/s1. The van der Waals surface area contributed by atoms with Gasteiger partial charge in [-0.05, 0) is 20.8 Å². The van der Waals surface area contributed by atoms with E-state index < -0.39 is 11.0 Å². The zero-order valence-corrected chi connectivity index (χ0v) is 7.46. The maximum atomic E-state index is 11.3. The minimum atomic E-state index is -0.509. The zero-order valence-electron chi connectivity index (χ0n) is 7.46. The fraction of sp³-hybridized carbons (Fsp3) is 0.778. The van der Waals surface area contributed by atoms with Gasteiger partial charge >= 0.3 is 5.97 Å². The average molecular weight is 168 g/mol. The second kappa shape index (κ2) is 1.73. The van der Waals surface area contributed by atoms with E-state index in [9.17, 15) is 9.59 Å². The lowest BCUT2D eigenvalue weighted by Gasteiger charge is -2.20. The van der Waals surface area contributed by atoms with Crippen LogP contribution in [0.4, 0.5) is 0 Å². The highest BCUT2D eigenvalue weighted by atomic mass is 16.6. The van der Waals surface area contributed by atoms with Crippen LogP contribution in [0.25, 0.3) is 0 Å². The number of carbonyl (C=O) groups excluding carboxylic acids is 2. The van der Waals surface area contributed by atoms with Gasteiger partial charge in [0.2, 0.25) is 0 Å². The molecule has 1 aliphatic heterocycles. The Bertz CT molecular complexity index is 269. The molecular formula is C9H12O3. The van der Waals surface area contributed by atoms with Gasteiger partial charge in [0, 0.05) is 11.8 Å². The van der Waals surface area contributed by atoms with E-state index in [1.165, 1.54) is 0 Å². The van der Waals surface area contributed by atoms with Crippen LogP contribution >= 0.6 is 0 Å². The van der Waals surface area contributed by atoms with E-state index in [-0.39, 0.29) is 17.8 Å². The fourth-order valence-corrected chi connectivity index (χ4v) is 2.60. The molecule has 12 heavy (non-hydrogen) atoms. The molecular weight excluding hydrogens is 156 g/mol. The summed E-state index contributed by atoms with van der Waals surface area (Å²) >= 11 is 0. The Hall–Kier alpha value is -0.860. The molecule has 3 nitrogen and oxygen atoms in total. The number of ether oxygens (including phenoxy) is 1. The van der Waals surface area contributed by atoms with Crippen molar-refractivity contribution in [2.24, 2.45) is 17.3 Å². The Morgan fingerprint density at radius 3 is 2.25 bits per heavy atom. The van der Waals surface area contributed by atoms with Crippen molar-refractivity contribution in [3.8, 4) is 0 Å². The highest BCUT2D eigenvalue weighted by Crippen LogP contribution is 2.68. The number of esters is 1. The van der Waals surface area contributed by atoms with Crippen molar-refractivity contribution in [1.29, 1.82) is 0 Å². The minimum Gasteiger partial charge on any atom is -0.459 e. The summed E-state index contributed by atoms with van der Waals surface area (Å²) < 4.78 is 5.15. The van der Waals surface area contributed by atoms with Gasteiger partial charge in [0.15, 0.2) is 0 Å². The van der Waals surface area contributed by atoms with Crippen LogP contribution < -0.4 is 0 Å². The van der Waals surface area contributed by atoms with Crippen molar-refractivity contribution in [2.45, 2.75) is 26.4 Å². The first-order chi connectivity index (χ1) is 5.44. The molecule has 0 amide bonds. The van der Waals surface area contributed by atoms with Crippen LogP contribution in [0.3, 0.4) is 0 Å². The van der Waals surface area contributed by atoms with Crippen molar-refractivity contribution in [3.63, 3.8) is 0 Å². The Kier molecular flexibility index (Phi) is 1.12. The van der Waals surface area contributed by atoms with Gasteiger partial charge in [-0.15, -0.1) is 0 Å². The van der Waals surface area contributed by atoms with E-state index in [1.807, 2.05) is 20.8 Å². The Balaban J connectivity index is 2.37. The third-order valence-electron chi connectivity index (χ3n) is 3.28. The quantitative estimate of drug-likeness (QED) is 0.429. The molecule has 2 fully saturated rings. The molecule has 0 aromatic heterocycles. The Morgan fingerprint density at radius 2 is 2.00 bits per heavy atom. The van der Waals surface area contributed by atoms with Gasteiger partial charge in [-0.3, -0.25) is 4.79 Å². The van der Waals surface area contributed by atoms with Crippen LogP contribution in [0.15, 0.2) is 0 Å². The molecule has 2 aliphatic rings. The Morgan fingerprint density at radius 1 is 1.42 bits per heavy atom. The summed E-state index contributed by atoms with van der Waals surface area (Å²) in [6, 6.07) is 0. The predicted octanol–water partition coefficient (Wildman–Crippen LogP) is 0.773. The molecule has 1 saturated carbocycles. The monoisotopic (exact) mass is 168 g/mol. The van der Waals surface area contributed by atoms with Crippen molar-refractivity contribution in [1.82, 2.24) is 0 Å². The first kappa shape index (κ1) is 7.77. The summed E-state index contributed by atoms with van der Waals surface area (Å²) in [5.74, 6) is -0.238. The number of hydrogen-bond donors (Lipinski definition) is 0. The third-order valence-corrected chi connectivity index (χ3v) is 3.28. The van der Waals surface area contributed by atoms with Crippen LogP contribution in [0.1, 0.15) is 20.8 Å². The maximum absolute atomic E-state index is 11.3. The molecule has 0 spiro atoms. The summed E-state index contributed by atoms with van der Waals surface area (Å²) in [5, 5.41) is 0. The highest BCUT2D eigenvalue weighted by Gasteiger charge is 2.78.